The van der Waals surface area contributed by atoms with Gasteiger partial charge >= 0.3 is 0 Å². The van der Waals surface area contributed by atoms with Crippen LogP contribution in [0.4, 0.5) is 0 Å². The molecule has 102 valence electrons. The lowest BCUT2D eigenvalue weighted by Crippen LogP contribution is -2.57. The van der Waals surface area contributed by atoms with E-state index >= 15 is 0 Å². The van der Waals surface area contributed by atoms with Crippen molar-refractivity contribution < 1.29 is 0 Å². The zero-order valence-corrected chi connectivity index (χ0v) is 12.8. The monoisotopic (exact) mass is 240 g/mol. The molecule has 0 aromatic rings. The first-order valence-electron chi connectivity index (χ1n) is 7.12. The van der Waals surface area contributed by atoms with Crippen LogP contribution in [-0.2, 0) is 0 Å². The highest BCUT2D eigenvalue weighted by Gasteiger charge is 2.38. The minimum absolute atomic E-state index is 0.317. The van der Waals surface area contributed by atoms with Gasteiger partial charge in [-0.15, -0.1) is 0 Å². The lowest BCUT2D eigenvalue weighted by Gasteiger charge is -2.48. The van der Waals surface area contributed by atoms with Crippen LogP contribution < -0.4 is 5.73 Å². The highest BCUT2D eigenvalue weighted by molar-refractivity contribution is 4.94. The Bertz CT molecular complexity index is 232. The van der Waals surface area contributed by atoms with Crippen molar-refractivity contribution in [1.29, 1.82) is 0 Å². The molecule has 0 aliphatic heterocycles. The molecule has 2 N–H and O–H groups in total. The van der Waals surface area contributed by atoms with Gasteiger partial charge in [-0.1, -0.05) is 34.6 Å². The van der Waals surface area contributed by atoms with E-state index in [0.29, 0.717) is 29.5 Å². The molecule has 0 radical (unpaired) electrons. The van der Waals surface area contributed by atoms with Gasteiger partial charge in [-0.25, -0.2) is 0 Å². The van der Waals surface area contributed by atoms with Crippen LogP contribution in [0.3, 0.4) is 0 Å². The van der Waals surface area contributed by atoms with E-state index in [1.54, 1.807) is 0 Å². The molecule has 2 nitrogen and oxygen atoms in total. The van der Waals surface area contributed by atoms with Crippen LogP contribution in [0.15, 0.2) is 0 Å². The molecule has 0 aromatic carbocycles. The average Bonchev–Trinajstić information content (AvgIpc) is 2.13. The highest BCUT2D eigenvalue weighted by atomic mass is 15.2. The van der Waals surface area contributed by atoms with E-state index < -0.39 is 0 Å². The fraction of sp³-hybridized carbons (Fsp3) is 1.00. The van der Waals surface area contributed by atoms with Crippen molar-refractivity contribution in [1.82, 2.24) is 4.90 Å². The van der Waals surface area contributed by atoms with Crippen molar-refractivity contribution in [2.45, 2.75) is 72.5 Å². The van der Waals surface area contributed by atoms with Gasteiger partial charge in [0.25, 0.3) is 0 Å². The Kier molecular flexibility index (Phi) is 4.65. The van der Waals surface area contributed by atoms with Crippen molar-refractivity contribution in [2.75, 3.05) is 7.05 Å². The van der Waals surface area contributed by atoms with Crippen LogP contribution in [0, 0.1) is 17.3 Å². The second kappa shape index (κ2) is 5.27. The van der Waals surface area contributed by atoms with Gasteiger partial charge < -0.3 is 5.73 Å². The Morgan fingerprint density at radius 1 is 1.18 bits per heavy atom. The number of nitrogens with two attached hydrogens (primary N) is 1. The first-order valence-corrected chi connectivity index (χ1v) is 7.12. The summed E-state index contributed by atoms with van der Waals surface area (Å²) in [5, 5.41) is 0. The summed E-state index contributed by atoms with van der Waals surface area (Å²) in [5.74, 6) is 1.50. The van der Waals surface area contributed by atoms with Gasteiger partial charge in [0.05, 0.1) is 0 Å². The van der Waals surface area contributed by atoms with Gasteiger partial charge in [-0.2, -0.15) is 0 Å². The Labute approximate surface area is 108 Å². The van der Waals surface area contributed by atoms with Crippen molar-refractivity contribution in [3.63, 3.8) is 0 Å². The Morgan fingerprint density at radius 3 is 2.12 bits per heavy atom. The maximum Gasteiger partial charge on any atom is 0.0272 e. The lowest BCUT2D eigenvalue weighted by molar-refractivity contribution is 0.0292. The SMILES string of the molecule is CC1CC(C)C(N(C)C(C)C(C)(C)C)C(N)C1. The summed E-state index contributed by atoms with van der Waals surface area (Å²) < 4.78 is 0. The Balaban J connectivity index is 2.77. The summed E-state index contributed by atoms with van der Waals surface area (Å²) in [5.41, 5.74) is 6.72. The van der Waals surface area contributed by atoms with E-state index in [9.17, 15) is 0 Å². The third kappa shape index (κ3) is 3.45. The minimum Gasteiger partial charge on any atom is -0.326 e. The van der Waals surface area contributed by atoms with E-state index in [-0.39, 0.29) is 0 Å². The molecule has 0 amide bonds. The fourth-order valence-corrected chi connectivity index (χ4v) is 3.47. The summed E-state index contributed by atoms with van der Waals surface area (Å²) in [6.07, 6.45) is 2.50. The fourth-order valence-electron chi connectivity index (χ4n) is 3.47. The molecule has 1 rings (SSSR count). The molecule has 0 saturated heterocycles. The Hall–Kier alpha value is -0.0800. The molecule has 1 aliphatic carbocycles. The van der Waals surface area contributed by atoms with Crippen LogP contribution in [0.5, 0.6) is 0 Å². The van der Waals surface area contributed by atoms with Crippen molar-refractivity contribution in [2.24, 2.45) is 23.0 Å². The van der Waals surface area contributed by atoms with Gasteiger partial charge in [-0.05, 0) is 44.1 Å². The quantitative estimate of drug-likeness (QED) is 0.803. The van der Waals surface area contributed by atoms with E-state index in [2.05, 4.69) is 53.5 Å². The standard InChI is InChI=1S/C15H32N2/c1-10-8-11(2)14(13(16)9-10)17(7)12(3)15(4,5)6/h10-14H,8-9,16H2,1-7H3. The molecule has 1 aliphatic rings. The van der Waals surface area contributed by atoms with Gasteiger partial charge in [0.15, 0.2) is 0 Å². The zero-order chi connectivity index (χ0) is 13.4. The maximum absolute atomic E-state index is 6.40. The maximum atomic E-state index is 6.40. The molecule has 0 spiro atoms. The summed E-state index contributed by atoms with van der Waals surface area (Å²) in [4.78, 5) is 2.53. The first-order chi connectivity index (χ1) is 7.64. The predicted octanol–water partition coefficient (Wildman–Crippen LogP) is 3.11. The third-order valence-electron chi connectivity index (χ3n) is 4.80. The third-order valence-corrected chi connectivity index (χ3v) is 4.80. The molecule has 1 fully saturated rings. The summed E-state index contributed by atoms with van der Waals surface area (Å²) in [7, 11) is 2.26. The molecular formula is C15H32N2. The van der Waals surface area contributed by atoms with Crippen LogP contribution in [-0.4, -0.2) is 30.1 Å². The number of rotatable bonds is 2. The number of nitrogens with zero attached hydrogens (tertiary/aromatic N) is 1. The summed E-state index contributed by atoms with van der Waals surface area (Å²) >= 11 is 0. The number of hydrogen-bond donors (Lipinski definition) is 1. The van der Waals surface area contributed by atoms with E-state index in [1.165, 1.54) is 12.8 Å². The largest absolute Gasteiger partial charge is 0.326 e. The smallest absolute Gasteiger partial charge is 0.0272 e. The van der Waals surface area contributed by atoms with Gasteiger partial charge in [0.2, 0.25) is 0 Å². The number of likely N-dealkylation sites (N-methyl/N-ethyl adjacent to an activating group) is 1. The molecule has 5 atom stereocenters. The van der Waals surface area contributed by atoms with Gasteiger partial charge in [0, 0.05) is 18.1 Å². The molecule has 2 heteroatoms. The summed E-state index contributed by atoms with van der Waals surface area (Å²) in [6, 6.07) is 1.44. The van der Waals surface area contributed by atoms with Crippen molar-refractivity contribution >= 4 is 0 Å². The Morgan fingerprint density at radius 2 is 1.71 bits per heavy atom. The molecule has 1 saturated carbocycles. The molecule has 0 heterocycles. The van der Waals surface area contributed by atoms with Crippen LogP contribution in [0.2, 0.25) is 0 Å². The molecule has 0 bridgehead atoms. The van der Waals surface area contributed by atoms with Crippen molar-refractivity contribution in [3.05, 3.63) is 0 Å². The average molecular weight is 240 g/mol. The normalized spacial score (nSPS) is 37.2. The van der Waals surface area contributed by atoms with Crippen LogP contribution in [0.1, 0.15) is 54.4 Å². The van der Waals surface area contributed by atoms with Crippen LogP contribution >= 0.6 is 0 Å². The van der Waals surface area contributed by atoms with E-state index in [0.717, 1.165) is 5.92 Å². The van der Waals surface area contributed by atoms with Crippen molar-refractivity contribution in [3.8, 4) is 0 Å². The minimum atomic E-state index is 0.317. The second-order valence-electron chi connectivity index (χ2n) is 7.42. The highest BCUT2D eigenvalue weighted by Crippen LogP contribution is 2.34. The van der Waals surface area contributed by atoms with E-state index in [1.807, 2.05) is 0 Å². The molecule has 5 unspecified atom stereocenters. The second-order valence-corrected chi connectivity index (χ2v) is 7.42. The van der Waals surface area contributed by atoms with Gasteiger partial charge in [0.1, 0.15) is 0 Å². The summed E-state index contributed by atoms with van der Waals surface area (Å²) in [6.45, 7) is 14.0. The first kappa shape index (κ1) is 15.0. The van der Waals surface area contributed by atoms with E-state index in [4.69, 9.17) is 5.73 Å². The predicted molar refractivity (Wildman–Crippen MR) is 76.0 cm³/mol. The number of hydrogen-bond acceptors (Lipinski definition) is 2. The molecular weight excluding hydrogens is 208 g/mol. The zero-order valence-electron chi connectivity index (χ0n) is 12.8. The molecule has 17 heavy (non-hydrogen) atoms. The van der Waals surface area contributed by atoms with Crippen LogP contribution in [0.25, 0.3) is 0 Å². The topological polar surface area (TPSA) is 29.3 Å². The lowest BCUT2D eigenvalue weighted by atomic mass is 9.75. The molecule has 0 aromatic heterocycles. The van der Waals surface area contributed by atoms with Gasteiger partial charge in [-0.3, -0.25) is 4.90 Å².